The third-order valence-corrected chi connectivity index (χ3v) is 4.71. The molecular formula is C17H25N3O. The fourth-order valence-electron chi connectivity index (χ4n) is 3.44. The maximum atomic E-state index is 12.7. The third kappa shape index (κ3) is 3.21. The standard InChI is InChI=1S/C17H25N3O/c1-12-11-15(14-5-3-4-6-16(14)18-12)17(21)19-13-7-9-20(2)10-8-13/h3-6,12-13,15,18H,7-11H2,1-2H3,(H,19,21)/t12-,15+/m0/s1. The molecule has 114 valence electrons. The topological polar surface area (TPSA) is 44.4 Å². The van der Waals surface area contributed by atoms with Crippen molar-refractivity contribution in [2.75, 3.05) is 25.5 Å². The molecule has 0 aliphatic carbocycles. The van der Waals surface area contributed by atoms with Crippen molar-refractivity contribution >= 4 is 11.6 Å². The first-order chi connectivity index (χ1) is 10.1. The molecule has 21 heavy (non-hydrogen) atoms. The highest BCUT2D eigenvalue weighted by Crippen LogP contribution is 2.34. The molecule has 0 radical (unpaired) electrons. The molecule has 1 fully saturated rings. The second-order valence-electron chi connectivity index (χ2n) is 6.51. The highest BCUT2D eigenvalue weighted by atomic mass is 16.2. The lowest BCUT2D eigenvalue weighted by atomic mass is 9.86. The van der Waals surface area contributed by atoms with E-state index in [1.54, 1.807) is 0 Å². The molecule has 3 rings (SSSR count). The van der Waals surface area contributed by atoms with Crippen LogP contribution < -0.4 is 10.6 Å². The number of carbonyl (C=O) groups is 1. The second kappa shape index (κ2) is 6.06. The lowest BCUT2D eigenvalue weighted by Gasteiger charge is -2.34. The Morgan fingerprint density at radius 2 is 2.00 bits per heavy atom. The van der Waals surface area contributed by atoms with E-state index in [1.165, 1.54) is 0 Å². The van der Waals surface area contributed by atoms with Crippen LogP contribution in [0.3, 0.4) is 0 Å². The summed E-state index contributed by atoms with van der Waals surface area (Å²) >= 11 is 0. The molecule has 2 N–H and O–H groups in total. The fourth-order valence-corrected chi connectivity index (χ4v) is 3.44. The molecule has 4 nitrogen and oxygen atoms in total. The normalized spacial score (nSPS) is 26.8. The van der Waals surface area contributed by atoms with Gasteiger partial charge in [-0.15, -0.1) is 0 Å². The van der Waals surface area contributed by atoms with Crippen LogP contribution in [0.1, 0.15) is 37.7 Å². The molecule has 0 spiro atoms. The Morgan fingerprint density at radius 3 is 2.76 bits per heavy atom. The quantitative estimate of drug-likeness (QED) is 0.876. The Bertz CT molecular complexity index is 509. The number of hydrogen-bond donors (Lipinski definition) is 2. The van der Waals surface area contributed by atoms with Crippen LogP contribution in [0, 0.1) is 0 Å². The monoisotopic (exact) mass is 287 g/mol. The lowest BCUT2D eigenvalue weighted by molar-refractivity contribution is -0.123. The summed E-state index contributed by atoms with van der Waals surface area (Å²) in [5, 5.41) is 6.74. The first-order valence-corrected chi connectivity index (χ1v) is 7.98. The number of anilines is 1. The first-order valence-electron chi connectivity index (χ1n) is 7.98. The molecule has 0 bridgehead atoms. The van der Waals surface area contributed by atoms with E-state index in [9.17, 15) is 4.79 Å². The number of nitrogens with one attached hydrogen (secondary N) is 2. The van der Waals surface area contributed by atoms with Crippen LogP contribution >= 0.6 is 0 Å². The van der Waals surface area contributed by atoms with Gasteiger partial charge in [-0.2, -0.15) is 0 Å². The summed E-state index contributed by atoms with van der Waals surface area (Å²) in [6.07, 6.45) is 2.99. The number of piperidine rings is 1. The van der Waals surface area contributed by atoms with Crippen molar-refractivity contribution in [1.29, 1.82) is 0 Å². The van der Waals surface area contributed by atoms with Crippen molar-refractivity contribution in [2.45, 2.75) is 44.2 Å². The van der Waals surface area contributed by atoms with Gasteiger partial charge in [0.1, 0.15) is 0 Å². The van der Waals surface area contributed by atoms with Crippen LogP contribution in [0.2, 0.25) is 0 Å². The molecule has 1 amide bonds. The maximum Gasteiger partial charge on any atom is 0.227 e. The van der Waals surface area contributed by atoms with Gasteiger partial charge in [0.05, 0.1) is 5.92 Å². The van der Waals surface area contributed by atoms with Gasteiger partial charge in [0.25, 0.3) is 0 Å². The van der Waals surface area contributed by atoms with E-state index in [4.69, 9.17) is 0 Å². The number of fused-ring (bicyclic) bond motifs is 1. The zero-order valence-electron chi connectivity index (χ0n) is 12.9. The average Bonchev–Trinajstić information content (AvgIpc) is 2.48. The van der Waals surface area contributed by atoms with Crippen LogP contribution in [-0.2, 0) is 4.79 Å². The van der Waals surface area contributed by atoms with Gasteiger partial charge in [-0.3, -0.25) is 4.79 Å². The smallest absolute Gasteiger partial charge is 0.227 e. The van der Waals surface area contributed by atoms with Gasteiger partial charge in [-0.1, -0.05) is 18.2 Å². The largest absolute Gasteiger partial charge is 0.382 e. The van der Waals surface area contributed by atoms with Gasteiger partial charge in [-0.25, -0.2) is 0 Å². The fraction of sp³-hybridized carbons (Fsp3) is 0.588. The zero-order chi connectivity index (χ0) is 14.8. The van der Waals surface area contributed by atoms with Crippen LogP contribution in [0.15, 0.2) is 24.3 Å². The SMILES string of the molecule is C[C@H]1C[C@@H](C(=O)NC2CCN(C)CC2)c2ccccc2N1. The number of carbonyl (C=O) groups excluding carboxylic acids is 1. The molecule has 0 aromatic heterocycles. The van der Waals surface area contributed by atoms with E-state index >= 15 is 0 Å². The Hall–Kier alpha value is -1.55. The highest BCUT2D eigenvalue weighted by molar-refractivity contribution is 5.86. The molecule has 1 saturated heterocycles. The Balaban J connectivity index is 1.70. The van der Waals surface area contributed by atoms with E-state index in [2.05, 4.69) is 41.6 Å². The van der Waals surface area contributed by atoms with Crippen molar-refractivity contribution < 1.29 is 4.79 Å². The second-order valence-corrected chi connectivity index (χ2v) is 6.51. The summed E-state index contributed by atoms with van der Waals surface area (Å²) in [5.74, 6) is 0.183. The Kier molecular flexibility index (Phi) is 4.15. The van der Waals surface area contributed by atoms with E-state index in [-0.39, 0.29) is 11.8 Å². The van der Waals surface area contributed by atoms with Crippen LogP contribution in [-0.4, -0.2) is 43.0 Å². The first kappa shape index (κ1) is 14.4. The third-order valence-electron chi connectivity index (χ3n) is 4.71. The van der Waals surface area contributed by atoms with E-state index in [0.717, 1.165) is 43.6 Å². The van der Waals surface area contributed by atoms with Crippen molar-refractivity contribution in [3.05, 3.63) is 29.8 Å². The van der Waals surface area contributed by atoms with Gasteiger partial charge in [-0.05, 0) is 58.0 Å². The van der Waals surface area contributed by atoms with Crippen molar-refractivity contribution in [2.24, 2.45) is 0 Å². The van der Waals surface area contributed by atoms with Gasteiger partial charge >= 0.3 is 0 Å². The highest BCUT2D eigenvalue weighted by Gasteiger charge is 2.31. The van der Waals surface area contributed by atoms with Crippen molar-refractivity contribution in [3.63, 3.8) is 0 Å². The van der Waals surface area contributed by atoms with Gasteiger partial charge in [0, 0.05) is 17.8 Å². The number of nitrogens with zero attached hydrogens (tertiary/aromatic N) is 1. The zero-order valence-corrected chi connectivity index (χ0v) is 12.9. The van der Waals surface area contributed by atoms with Gasteiger partial charge < -0.3 is 15.5 Å². The van der Waals surface area contributed by atoms with Crippen LogP contribution in [0.5, 0.6) is 0 Å². The van der Waals surface area contributed by atoms with Crippen molar-refractivity contribution in [3.8, 4) is 0 Å². The number of benzene rings is 1. The number of likely N-dealkylation sites (tertiary alicyclic amines) is 1. The maximum absolute atomic E-state index is 12.7. The summed E-state index contributed by atoms with van der Waals surface area (Å²) in [4.78, 5) is 15.0. The van der Waals surface area contributed by atoms with Gasteiger partial charge in [0.2, 0.25) is 5.91 Å². The summed E-state index contributed by atoms with van der Waals surface area (Å²) < 4.78 is 0. The predicted molar refractivity (Wildman–Crippen MR) is 85.5 cm³/mol. The number of hydrogen-bond acceptors (Lipinski definition) is 3. The summed E-state index contributed by atoms with van der Waals surface area (Å²) in [7, 11) is 2.14. The molecule has 2 aliphatic heterocycles. The minimum absolute atomic E-state index is 0.0166. The summed E-state index contributed by atoms with van der Waals surface area (Å²) in [6.45, 7) is 4.29. The molecule has 4 heteroatoms. The van der Waals surface area contributed by atoms with Crippen LogP contribution in [0.25, 0.3) is 0 Å². The number of amides is 1. The minimum atomic E-state index is -0.0166. The van der Waals surface area contributed by atoms with E-state index in [0.29, 0.717) is 12.1 Å². The lowest BCUT2D eigenvalue weighted by Crippen LogP contribution is -2.46. The molecule has 2 heterocycles. The molecule has 2 atom stereocenters. The summed E-state index contributed by atoms with van der Waals surface area (Å²) in [5.41, 5.74) is 2.25. The molecule has 1 aromatic rings. The number of para-hydroxylation sites is 1. The molecule has 2 aliphatic rings. The average molecular weight is 287 g/mol. The molecule has 1 aromatic carbocycles. The van der Waals surface area contributed by atoms with Gasteiger partial charge in [0.15, 0.2) is 0 Å². The predicted octanol–water partition coefficient (Wildman–Crippen LogP) is 2.18. The Morgan fingerprint density at radius 1 is 1.29 bits per heavy atom. The minimum Gasteiger partial charge on any atom is -0.382 e. The Labute approximate surface area is 126 Å². The molecule has 0 saturated carbocycles. The van der Waals surface area contributed by atoms with Crippen molar-refractivity contribution in [1.82, 2.24) is 10.2 Å². The molecular weight excluding hydrogens is 262 g/mol. The van der Waals surface area contributed by atoms with E-state index in [1.807, 2.05) is 12.1 Å². The van der Waals surface area contributed by atoms with E-state index < -0.39 is 0 Å². The number of rotatable bonds is 2. The summed E-state index contributed by atoms with van der Waals surface area (Å²) in [6, 6.07) is 8.87. The molecule has 0 unspecified atom stereocenters. The van der Waals surface area contributed by atoms with Crippen LogP contribution in [0.4, 0.5) is 5.69 Å².